The van der Waals surface area contributed by atoms with Gasteiger partial charge in [-0.05, 0) is 49.0 Å². The van der Waals surface area contributed by atoms with Crippen molar-refractivity contribution < 1.29 is 18.8 Å². The van der Waals surface area contributed by atoms with Crippen LogP contribution in [0.1, 0.15) is 59.2 Å². The van der Waals surface area contributed by atoms with Crippen molar-refractivity contribution in [3.8, 4) is 0 Å². The molecule has 8 nitrogen and oxygen atoms in total. The van der Waals surface area contributed by atoms with E-state index in [9.17, 15) is 18.8 Å². The van der Waals surface area contributed by atoms with Gasteiger partial charge >= 0.3 is 0 Å². The molecule has 1 aromatic heterocycles. The summed E-state index contributed by atoms with van der Waals surface area (Å²) in [5.41, 5.74) is 11.0. The minimum atomic E-state index is -0.890. The van der Waals surface area contributed by atoms with Gasteiger partial charge in [-0.3, -0.25) is 19.3 Å². The largest absolute Gasteiger partial charge is 0.395 e. The molecule has 0 bridgehead atoms. The normalized spacial score (nSPS) is 15.0. The molecule has 0 radical (unpaired) electrons. The summed E-state index contributed by atoms with van der Waals surface area (Å²) >= 11 is 0.720. The van der Waals surface area contributed by atoms with Gasteiger partial charge in [-0.2, -0.15) is 4.37 Å². The van der Waals surface area contributed by atoms with Gasteiger partial charge in [-0.1, -0.05) is 25.8 Å². The second-order valence-electron chi connectivity index (χ2n) is 7.21. The van der Waals surface area contributed by atoms with E-state index >= 15 is 0 Å². The van der Waals surface area contributed by atoms with Crippen LogP contribution in [0.5, 0.6) is 0 Å². The van der Waals surface area contributed by atoms with E-state index in [4.69, 9.17) is 11.5 Å². The molecule has 160 valence electrons. The molecule has 3 rings (SSSR count). The van der Waals surface area contributed by atoms with Gasteiger partial charge in [0.1, 0.15) is 16.7 Å². The summed E-state index contributed by atoms with van der Waals surface area (Å²) in [7, 11) is 0. The van der Waals surface area contributed by atoms with Crippen LogP contribution >= 0.6 is 11.5 Å². The molecule has 1 aliphatic carbocycles. The third-order valence-corrected chi connectivity index (χ3v) is 6.01. The van der Waals surface area contributed by atoms with Crippen molar-refractivity contribution >= 4 is 40.6 Å². The molecule has 0 saturated heterocycles. The van der Waals surface area contributed by atoms with E-state index in [0.717, 1.165) is 37.2 Å². The summed E-state index contributed by atoms with van der Waals surface area (Å²) in [6.45, 7) is 1.77. The number of rotatable bonds is 7. The van der Waals surface area contributed by atoms with Crippen molar-refractivity contribution in [1.82, 2.24) is 9.69 Å². The second-order valence-corrected chi connectivity index (χ2v) is 7.98. The molecule has 2 aromatic rings. The average molecular weight is 434 g/mol. The number of nitrogen functional groups attached to an aromatic ring is 1. The molecule has 0 aliphatic heterocycles. The topological polar surface area (TPSA) is 131 Å². The number of aromatic nitrogens is 1. The van der Waals surface area contributed by atoms with E-state index < -0.39 is 23.7 Å². The molecule has 1 heterocycles. The molecule has 30 heavy (non-hydrogen) atoms. The zero-order valence-corrected chi connectivity index (χ0v) is 17.4. The van der Waals surface area contributed by atoms with Gasteiger partial charge in [0.25, 0.3) is 11.8 Å². The number of hydrogen-bond acceptors (Lipinski definition) is 6. The summed E-state index contributed by atoms with van der Waals surface area (Å²) in [5.74, 6) is -2.37. The minimum Gasteiger partial charge on any atom is -0.395 e. The van der Waals surface area contributed by atoms with E-state index in [0.29, 0.717) is 6.42 Å². The summed E-state index contributed by atoms with van der Waals surface area (Å²) < 4.78 is 17.8. The molecule has 1 aliphatic rings. The second kappa shape index (κ2) is 9.21. The highest BCUT2D eigenvalue weighted by molar-refractivity contribution is 7.09. The number of nitrogens with two attached hydrogens (primary N) is 2. The van der Waals surface area contributed by atoms with Crippen molar-refractivity contribution in [2.24, 2.45) is 5.73 Å². The molecule has 1 saturated carbocycles. The van der Waals surface area contributed by atoms with Crippen LogP contribution in [0.4, 0.5) is 15.8 Å². The highest BCUT2D eigenvalue weighted by atomic mass is 32.1. The van der Waals surface area contributed by atoms with E-state index in [-0.39, 0.29) is 33.9 Å². The van der Waals surface area contributed by atoms with Crippen molar-refractivity contribution in [1.29, 1.82) is 0 Å². The van der Waals surface area contributed by atoms with E-state index in [1.165, 1.54) is 23.1 Å². The molecular formula is C20H24FN5O3S. The SMILES string of the molecule is CC[C@H](C(=O)NC1CCCC1)N(C(=O)c1snc(C(N)=O)c1N)c1cccc(F)c1. The summed E-state index contributed by atoms with van der Waals surface area (Å²) in [6.07, 6.45) is 4.16. The maximum Gasteiger partial charge on any atom is 0.272 e. The number of nitrogens with one attached hydrogen (secondary N) is 1. The van der Waals surface area contributed by atoms with Gasteiger partial charge in [-0.25, -0.2) is 4.39 Å². The first-order chi connectivity index (χ1) is 14.3. The Hall–Kier alpha value is -3.01. The van der Waals surface area contributed by atoms with Crippen LogP contribution in [-0.4, -0.2) is 34.2 Å². The number of carbonyl (C=O) groups is 3. The van der Waals surface area contributed by atoms with Crippen LogP contribution in [0.25, 0.3) is 0 Å². The Morgan fingerprint density at radius 1 is 1.33 bits per heavy atom. The first-order valence-electron chi connectivity index (χ1n) is 9.77. The summed E-state index contributed by atoms with van der Waals surface area (Å²) in [5, 5.41) is 2.99. The van der Waals surface area contributed by atoms with Crippen molar-refractivity contribution in [2.75, 3.05) is 10.6 Å². The number of carbonyl (C=O) groups excluding carboxylic acids is 3. The van der Waals surface area contributed by atoms with Crippen LogP contribution in [-0.2, 0) is 4.79 Å². The maximum atomic E-state index is 13.9. The van der Waals surface area contributed by atoms with Crippen LogP contribution in [0.15, 0.2) is 24.3 Å². The Morgan fingerprint density at radius 2 is 2.03 bits per heavy atom. The molecule has 10 heteroatoms. The highest BCUT2D eigenvalue weighted by Gasteiger charge is 2.35. The average Bonchev–Trinajstić information content (AvgIpc) is 3.34. The Labute approximate surface area is 177 Å². The number of hydrogen-bond donors (Lipinski definition) is 3. The van der Waals surface area contributed by atoms with Gasteiger partial charge in [0.05, 0.1) is 5.69 Å². The first-order valence-corrected chi connectivity index (χ1v) is 10.5. The Bertz CT molecular complexity index is 958. The molecule has 0 unspecified atom stereocenters. The highest BCUT2D eigenvalue weighted by Crippen LogP contribution is 2.29. The summed E-state index contributed by atoms with van der Waals surface area (Å²) in [4.78, 5) is 39.1. The molecular weight excluding hydrogens is 409 g/mol. The third-order valence-electron chi connectivity index (χ3n) is 5.16. The lowest BCUT2D eigenvalue weighted by Crippen LogP contribution is -2.51. The van der Waals surface area contributed by atoms with E-state index in [1.807, 2.05) is 0 Å². The predicted octanol–water partition coefficient (Wildman–Crippen LogP) is 2.45. The lowest BCUT2D eigenvalue weighted by molar-refractivity contribution is -0.123. The minimum absolute atomic E-state index is 0.0276. The number of primary amides is 1. The van der Waals surface area contributed by atoms with Gasteiger partial charge < -0.3 is 16.8 Å². The molecule has 0 spiro atoms. The predicted molar refractivity (Wildman–Crippen MR) is 113 cm³/mol. The first kappa shape index (κ1) is 21.7. The quantitative estimate of drug-likeness (QED) is 0.617. The number of benzene rings is 1. The molecule has 3 amide bonds. The van der Waals surface area contributed by atoms with Crippen LogP contribution < -0.4 is 21.7 Å². The van der Waals surface area contributed by atoms with Crippen molar-refractivity contribution in [3.63, 3.8) is 0 Å². The third kappa shape index (κ3) is 4.43. The zero-order valence-electron chi connectivity index (χ0n) is 16.6. The van der Waals surface area contributed by atoms with Crippen LogP contribution in [0, 0.1) is 5.82 Å². The van der Waals surface area contributed by atoms with E-state index in [1.54, 1.807) is 13.0 Å². The smallest absolute Gasteiger partial charge is 0.272 e. The lowest BCUT2D eigenvalue weighted by Gasteiger charge is -2.31. The van der Waals surface area contributed by atoms with Gasteiger partial charge in [0, 0.05) is 11.7 Å². The van der Waals surface area contributed by atoms with Crippen molar-refractivity contribution in [3.05, 3.63) is 40.7 Å². The van der Waals surface area contributed by atoms with Crippen molar-refractivity contribution in [2.45, 2.75) is 51.1 Å². The number of amides is 3. The van der Waals surface area contributed by atoms with Gasteiger partial charge in [0.2, 0.25) is 5.91 Å². The fourth-order valence-electron chi connectivity index (χ4n) is 3.66. The zero-order chi connectivity index (χ0) is 21.8. The molecule has 5 N–H and O–H groups in total. The van der Waals surface area contributed by atoms with E-state index in [2.05, 4.69) is 9.69 Å². The number of anilines is 2. The molecule has 1 fully saturated rings. The van der Waals surface area contributed by atoms with Crippen LogP contribution in [0.3, 0.4) is 0 Å². The summed E-state index contributed by atoms with van der Waals surface area (Å²) in [6, 6.07) is 4.59. The molecule has 1 aromatic carbocycles. The standard InChI is InChI=1S/C20H24FN5O3S/c1-2-14(19(28)24-12-7-3-4-8-12)26(13-9-5-6-11(21)10-13)20(29)17-15(22)16(18(23)27)25-30-17/h5-6,9-10,12,14H,2-4,7-8,22H2,1H3,(H2,23,27)(H,24,28)/t14-/m1/s1. The Kier molecular flexibility index (Phi) is 6.66. The fraction of sp³-hybridized carbons (Fsp3) is 0.400. The number of nitrogens with zero attached hydrogens (tertiary/aromatic N) is 2. The fourth-order valence-corrected chi connectivity index (χ4v) is 4.40. The maximum absolute atomic E-state index is 13.9. The Balaban J connectivity index is 2.00. The van der Waals surface area contributed by atoms with Gasteiger partial charge in [-0.15, -0.1) is 0 Å². The van der Waals surface area contributed by atoms with Crippen LogP contribution in [0.2, 0.25) is 0 Å². The molecule has 1 atom stereocenters. The monoisotopic (exact) mass is 433 g/mol. The van der Waals surface area contributed by atoms with Gasteiger partial charge in [0.15, 0.2) is 5.69 Å². The number of halogens is 1. The Morgan fingerprint density at radius 3 is 2.60 bits per heavy atom. The lowest BCUT2D eigenvalue weighted by atomic mass is 10.1.